The third-order valence-electron chi connectivity index (χ3n) is 18.8. The smallest absolute Gasteiger partial charge is 0.308 e. The molecule has 6 amide bonds. The number of carbonyl (C=O) groups excluding carboxylic acids is 3. The molecule has 0 spiro atoms. The predicted molar refractivity (Wildman–Crippen MR) is 326 cm³/mol. The third kappa shape index (κ3) is 13.0. The molecule has 0 bridgehead atoms. The lowest BCUT2D eigenvalue weighted by Crippen LogP contribution is -2.46. The monoisotopic (exact) mass is 1210 g/mol. The first-order valence-corrected chi connectivity index (χ1v) is 34.1. The minimum Gasteiger partial charge on any atom is -0.308 e. The number of hydrogen-bond donors (Lipinski definition) is 7. The van der Waals surface area contributed by atoms with Crippen molar-refractivity contribution in [1.82, 2.24) is 42.2 Å². The molecule has 5 atom stereocenters. The number of anilines is 3. The van der Waals surface area contributed by atoms with Crippen molar-refractivity contribution in [2.45, 2.75) is 109 Å². The summed E-state index contributed by atoms with van der Waals surface area (Å²) in [7, 11) is -1.28. The highest BCUT2D eigenvalue weighted by Crippen LogP contribution is 2.51. The molecule has 6 aliphatic carbocycles. The van der Waals surface area contributed by atoms with Crippen LogP contribution in [0.3, 0.4) is 0 Å². The number of fused-ring (bicyclic) bond motifs is 6. The zero-order valence-corrected chi connectivity index (χ0v) is 51.6. The van der Waals surface area contributed by atoms with E-state index in [1.165, 1.54) is 19.7 Å². The van der Waals surface area contributed by atoms with Crippen LogP contribution in [0.5, 0.6) is 0 Å². The van der Waals surface area contributed by atoms with Crippen molar-refractivity contribution in [2.75, 3.05) is 97.5 Å². The van der Waals surface area contributed by atoms with Gasteiger partial charge in [0.25, 0.3) is 0 Å². The molecule has 11 rings (SSSR count). The zero-order valence-electron chi connectivity index (χ0n) is 49.2. The number of aryl methyl sites for hydroxylation is 2. The van der Waals surface area contributed by atoms with Crippen LogP contribution in [0.1, 0.15) is 91.6 Å². The van der Waals surface area contributed by atoms with Crippen molar-refractivity contribution in [3.63, 3.8) is 0 Å². The zero-order chi connectivity index (χ0) is 59.4. The number of hydrogen-bond acceptors (Lipinski definition) is 12. The van der Waals surface area contributed by atoms with Gasteiger partial charge in [0.05, 0.1) is 0 Å². The summed E-state index contributed by atoms with van der Waals surface area (Å²) in [6.45, 7) is 1.92. The van der Waals surface area contributed by atoms with E-state index in [1.54, 1.807) is 0 Å². The van der Waals surface area contributed by atoms with E-state index >= 15 is 0 Å². The summed E-state index contributed by atoms with van der Waals surface area (Å²) in [5.41, 5.74) is 16.0. The van der Waals surface area contributed by atoms with Gasteiger partial charge in [-0.2, -0.15) is 38.6 Å². The fraction of sp³-hybridized carbons (Fsp3) is 0.550. The standard InChI is InChI=1S/C60H82N12O9S3/c1-68(2)21-19-61-82(76,77)65-58(73)62-55-49-16-10-14-38(49)24-44-26-40(31-51(44)55)42-28-46-30-47-29-43(34-54(47)57(53(46)33-42)64-60(75)66-83(78,79)71-20-18-48(36-71)70(5)6)41-27-45-25-39-15-11-17-50(39)56(52(45)32-41)63-59(74)67-84(80,81)72(23-22-69(3)4)35-37-12-8-7-9-13-37/h7-9,12-13,24-25,30,40-43,48,61H,10-11,14-23,26-29,31-36H2,1-6H3,(H2,62,65,73)(H2,63,67,74)(H2,64,66,75). The normalized spacial score (nSPS) is 21.6. The largest absolute Gasteiger partial charge is 0.333 e. The Kier molecular flexibility index (Phi) is 17.3. The lowest BCUT2D eigenvalue weighted by molar-refractivity contribution is 0.254. The molecule has 7 N–H and O–H groups in total. The van der Waals surface area contributed by atoms with Crippen molar-refractivity contribution in [3.05, 3.63) is 121 Å². The average molecular weight is 1210 g/mol. The fourth-order valence-corrected chi connectivity index (χ4v) is 17.5. The van der Waals surface area contributed by atoms with Crippen LogP contribution < -0.4 is 34.8 Å². The van der Waals surface area contributed by atoms with Gasteiger partial charge in [0, 0.05) is 68.9 Å². The van der Waals surface area contributed by atoms with Crippen molar-refractivity contribution in [3.8, 4) is 0 Å². The second-order valence-electron chi connectivity index (χ2n) is 25.2. The van der Waals surface area contributed by atoms with E-state index in [0.29, 0.717) is 68.8 Å². The van der Waals surface area contributed by atoms with E-state index in [4.69, 9.17) is 0 Å². The van der Waals surface area contributed by atoms with Gasteiger partial charge in [-0.05, 0) is 235 Å². The molecule has 1 heterocycles. The first-order chi connectivity index (χ1) is 40.0. The Morgan fingerprint density at radius 2 is 0.976 bits per heavy atom. The Bertz CT molecular complexity index is 3580. The Balaban J connectivity index is 0.829. The van der Waals surface area contributed by atoms with Gasteiger partial charge in [-0.1, -0.05) is 48.5 Å². The van der Waals surface area contributed by atoms with Gasteiger partial charge in [-0.25, -0.2) is 28.5 Å². The number of nitrogens with one attached hydrogen (secondary N) is 7. The highest BCUT2D eigenvalue weighted by Gasteiger charge is 2.43. The molecule has 4 aromatic rings. The Morgan fingerprint density at radius 1 is 0.524 bits per heavy atom. The second-order valence-corrected chi connectivity index (χ2v) is 30.1. The number of nitrogens with zero attached hydrogens (tertiary/aromatic N) is 5. The van der Waals surface area contributed by atoms with Crippen LogP contribution >= 0.6 is 0 Å². The highest BCUT2D eigenvalue weighted by atomic mass is 32.2. The fourth-order valence-electron chi connectivity index (χ4n) is 14.6. The van der Waals surface area contributed by atoms with E-state index in [1.807, 2.05) is 87.3 Å². The van der Waals surface area contributed by atoms with Gasteiger partial charge >= 0.3 is 48.7 Å². The summed E-state index contributed by atoms with van der Waals surface area (Å²) >= 11 is 0. The van der Waals surface area contributed by atoms with Crippen LogP contribution in [0.2, 0.25) is 0 Å². The van der Waals surface area contributed by atoms with Crippen LogP contribution in [0.4, 0.5) is 31.4 Å². The van der Waals surface area contributed by atoms with Gasteiger partial charge in [0.1, 0.15) is 0 Å². The summed E-state index contributed by atoms with van der Waals surface area (Å²) in [6.07, 6.45) is 11.5. The van der Waals surface area contributed by atoms with Gasteiger partial charge in [0.2, 0.25) is 0 Å². The Labute approximate surface area is 496 Å². The first kappa shape index (κ1) is 60.0. The van der Waals surface area contributed by atoms with Crippen LogP contribution in [-0.4, -0.2) is 154 Å². The molecule has 1 fully saturated rings. The number of urea groups is 3. The van der Waals surface area contributed by atoms with Crippen LogP contribution in [-0.2, 0) is 114 Å². The van der Waals surface area contributed by atoms with E-state index in [9.17, 15) is 39.6 Å². The summed E-state index contributed by atoms with van der Waals surface area (Å²) in [6, 6.07) is 13.8. The van der Waals surface area contributed by atoms with Gasteiger partial charge in [-0.3, -0.25) is 0 Å². The summed E-state index contributed by atoms with van der Waals surface area (Å²) in [5.74, 6) is 0.670. The van der Waals surface area contributed by atoms with Crippen LogP contribution in [0, 0.1) is 23.7 Å². The number of rotatable bonds is 20. The maximum Gasteiger partial charge on any atom is 0.333 e. The molecule has 24 heteroatoms. The predicted octanol–water partition coefficient (Wildman–Crippen LogP) is 4.87. The molecule has 84 heavy (non-hydrogen) atoms. The molecule has 21 nitrogen and oxygen atoms in total. The number of likely N-dealkylation sites (N-methyl/N-ethyl adjacent to an activating group) is 3. The van der Waals surface area contributed by atoms with Crippen LogP contribution in [0.25, 0.3) is 0 Å². The molecular formula is C60H82N12O9S3. The Hall–Kier alpha value is -5.70. The maximum absolute atomic E-state index is 14.2. The second kappa shape index (κ2) is 24.2. The molecule has 0 saturated carbocycles. The highest BCUT2D eigenvalue weighted by molar-refractivity contribution is 7.88. The number of amides is 6. The van der Waals surface area contributed by atoms with E-state index in [-0.39, 0.29) is 55.9 Å². The lowest BCUT2D eigenvalue weighted by Gasteiger charge is -2.24. The minimum atomic E-state index is -4.26. The van der Waals surface area contributed by atoms with E-state index in [0.717, 1.165) is 125 Å². The molecule has 7 aliphatic rings. The summed E-state index contributed by atoms with van der Waals surface area (Å²) in [5, 5.41) is 9.18. The van der Waals surface area contributed by atoms with Gasteiger partial charge in [-0.15, -0.1) is 0 Å². The van der Waals surface area contributed by atoms with Crippen molar-refractivity contribution >= 4 is 65.8 Å². The summed E-state index contributed by atoms with van der Waals surface area (Å²) in [4.78, 5) is 47.5. The third-order valence-corrected chi connectivity index (χ3v) is 22.8. The minimum absolute atomic E-state index is 0.0319. The lowest BCUT2D eigenvalue weighted by atomic mass is 9.86. The molecule has 0 aromatic heterocycles. The quantitative estimate of drug-likeness (QED) is 0.0626. The molecule has 1 saturated heterocycles. The van der Waals surface area contributed by atoms with Gasteiger partial charge in [0.15, 0.2) is 0 Å². The first-order valence-electron chi connectivity index (χ1n) is 29.7. The van der Waals surface area contributed by atoms with Crippen LogP contribution in [0.15, 0.2) is 48.5 Å². The maximum atomic E-state index is 14.2. The SMILES string of the molecule is CN(C)CCNS(=O)(=O)NC(=O)Nc1c2c(cc3c1CC(C1Cc4cc5c(c(NC(=O)NS(=O)(=O)N6CCC(N(C)C)C6)c4C1)CC(C1Cc4cc6c(c(NC(=O)NS(=O)(=O)N(CCN(C)C)Cc7ccccc7)c4C1)CCC6)C5)C3)CCC2. The van der Waals surface area contributed by atoms with Crippen molar-refractivity contribution in [1.29, 1.82) is 0 Å². The molecule has 4 aromatic carbocycles. The van der Waals surface area contributed by atoms with E-state index < -0.39 is 48.7 Å². The molecule has 0 radical (unpaired) electrons. The summed E-state index contributed by atoms with van der Waals surface area (Å²) < 4.78 is 93.4. The molecule has 5 unspecified atom stereocenters. The molecule has 1 aliphatic heterocycles. The van der Waals surface area contributed by atoms with Crippen molar-refractivity contribution < 1.29 is 39.6 Å². The molecule has 454 valence electrons. The number of carbonyl (C=O) groups is 3. The topological polar surface area (TPSA) is 254 Å². The Morgan fingerprint density at radius 3 is 1.44 bits per heavy atom. The molecular weight excluding hydrogens is 1130 g/mol. The van der Waals surface area contributed by atoms with Gasteiger partial charge < -0.3 is 30.7 Å². The average Bonchev–Trinajstić information content (AvgIpc) is 2.11. The number of benzene rings is 4. The van der Waals surface area contributed by atoms with E-state index in [2.05, 4.69) is 53.0 Å². The van der Waals surface area contributed by atoms with Crippen molar-refractivity contribution in [2.24, 2.45) is 23.7 Å².